The minimum Gasteiger partial charge on any atom is -0.252 e. The van der Waals surface area contributed by atoms with Crippen molar-refractivity contribution in [3.63, 3.8) is 0 Å². The van der Waals surface area contributed by atoms with Crippen LogP contribution in [0.25, 0.3) is 0 Å². The molecule has 0 aliphatic rings. The van der Waals surface area contributed by atoms with Gasteiger partial charge in [-0.2, -0.15) is 13.2 Å². The van der Waals surface area contributed by atoms with Crippen molar-refractivity contribution in [1.82, 2.24) is 4.98 Å². The highest BCUT2D eigenvalue weighted by Gasteiger charge is 2.40. The number of halogens is 7. The van der Waals surface area contributed by atoms with E-state index in [0.29, 0.717) is 6.20 Å². The smallest absolute Gasteiger partial charge is 0.252 e. The fourth-order valence-electron chi connectivity index (χ4n) is 1.16. The highest BCUT2D eigenvalue weighted by atomic mass is 35.5. The standard InChI is InChI=1S/C8H4ClF6N/c9-1-3-4(10)2-16-6(7(11)12)5(3)8(13,14)15/h2,7H,1H2. The average Bonchev–Trinajstić information content (AvgIpc) is 2.15. The summed E-state index contributed by atoms with van der Waals surface area (Å²) in [6.07, 6.45) is -8.27. The number of hydrogen-bond acceptors (Lipinski definition) is 1. The van der Waals surface area contributed by atoms with Crippen molar-refractivity contribution in [2.75, 3.05) is 0 Å². The van der Waals surface area contributed by atoms with Crippen LogP contribution in [-0.4, -0.2) is 4.98 Å². The van der Waals surface area contributed by atoms with Gasteiger partial charge in [0.25, 0.3) is 6.43 Å². The van der Waals surface area contributed by atoms with Gasteiger partial charge in [0.15, 0.2) is 0 Å². The lowest BCUT2D eigenvalue weighted by Crippen LogP contribution is -2.16. The molecule has 0 aliphatic heterocycles. The molecule has 8 heteroatoms. The van der Waals surface area contributed by atoms with Crippen molar-refractivity contribution < 1.29 is 26.3 Å². The van der Waals surface area contributed by atoms with Gasteiger partial charge in [-0.1, -0.05) is 0 Å². The van der Waals surface area contributed by atoms with E-state index in [9.17, 15) is 26.3 Å². The first-order valence-electron chi connectivity index (χ1n) is 3.87. The van der Waals surface area contributed by atoms with Gasteiger partial charge in [0, 0.05) is 5.56 Å². The third-order valence-corrected chi connectivity index (χ3v) is 2.05. The van der Waals surface area contributed by atoms with Gasteiger partial charge in [-0.3, -0.25) is 4.98 Å². The van der Waals surface area contributed by atoms with Gasteiger partial charge in [0.1, 0.15) is 11.5 Å². The first-order valence-corrected chi connectivity index (χ1v) is 4.41. The van der Waals surface area contributed by atoms with Gasteiger partial charge in [-0.25, -0.2) is 13.2 Å². The number of rotatable bonds is 2. The molecule has 90 valence electrons. The van der Waals surface area contributed by atoms with E-state index in [1.165, 1.54) is 0 Å². The molecule has 0 saturated heterocycles. The SMILES string of the molecule is Fc1cnc(C(F)F)c(C(F)(F)F)c1CCl. The van der Waals surface area contributed by atoms with E-state index in [2.05, 4.69) is 4.98 Å². The molecular weight excluding hydrogens is 260 g/mol. The van der Waals surface area contributed by atoms with Gasteiger partial charge in [-0.15, -0.1) is 11.6 Å². The lowest BCUT2D eigenvalue weighted by atomic mass is 10.1. The average molecular weight is 264 g/mol. The van der Waals surface area contributed by atoms with Crippen LogP contribution in [0.4, 0.5) is 26.3 Å². The first-order chi connectivity index (χ1) is 7.29. The molecular formula is C8H4ClF6N. The van der Waals surface area contributed by atoms with Crippen molar-refractivity contribution in [2.45, 2.75) is 18.5 Å². The Hall–Kier alpha value is -0.980. The topological polar surface area (TPSA) is 12.9 Å². The molecule has 1 nitrogen and oxygen atoms in total. The quantitative estimate of drug-likeness (QED) is 0.582. The maximum Gasteiger partial charge on any atom is 0.418 e. The fourth-order valence-corrected chi connectivity index (χ4v) is 1.42. The Labute approximate surface area is 91.0 Å². The molecule has 0 saturated carbocycles. The number of alkyl halides is 6. The van der Waals surface area contributed by atoms with Crippen LogP contribution in [0.3, 0.4) is 0 Å². The third kappa shape index (κ3) is 2.40. The Bertz CT molecular complexity index is 389. The van der Waals surface area contributed by atoms with E-state index < -0.39 is 41.1 Å². The van der Waals surface area contributed by atoms with Gasteiger partial charge in [-0.05, 0) is 0 Å². The molecule has 0 atom stereocenters. The summed E-state index contributed by atoms with van der Waals surface area (Å²) in [7, 11) is 0. The zero-order chi connectivity index (χ0) is 12.5. The molecule has 0 bridgehead atoms. The van der Waals surface area contributed by atoms with Gasteiger partial charge in [0.2, 0.25) is 0 Å². The molecule has 0 aromatic carbocycles. The number of pyridine rings is 1. The summed E-state index contributed by atoms with van der Waals surface area (Å²) in [5.41, 5.74) is -4.32. The summed E-state index contributed by atoms with van der Waals surface area (Å²) >= 11 is 5.11. The number of aromatic nitrogens is 1. The highest BCUT2D eigenvalue weighted by molar-refractivity contribution is 6.17. The minimum absolute atomic E-state index is 0.300. The lowest BCUT2D eigenvalue weighted by Gasteiger charge is -2.15. The van der Waals surface area contributed by atoms with Crippen molar-refractivity contribution in [2.24, 2.45) is 0 Å². The van der Waals surface area contributed by atoms with Crippen LogP contribution < -0.4 is 0 Å². The molecule has 0 unspecified atom stereocenters. The van der Waals surface area contributed by atoms with Crippen molar-refractivity contribution >= 4 is 11.6 Å². The molecule has 16 heavy (non-hydrogen) atoms. The highest BCUT2D eigenvalue weighted by Crippen LogP contribution is 2.38. The predicted octanol–water partition coefficient (Wildman–Crippen LogP) is 3.92. The van der Waals surface area contributed by atoms with E-state index in [1.807, 2.05) is 0 Å². The Kier molecular flexibility index (Phi) is 3.67. The van der Waals surface area contributed by atoms with Gasteiger partial charge >= 0.3 is 6.18 Å². The van der Waals surface area contributed by atoms with E-state index in [0.717, 1.165) is 0 Å². The molecule has 0 fully saturated rings. The van der Waals surface area contributed by atoms with Crippen molar-refractivity contribution in [3.05, 3.63) is 28.8 Å². The zero-order valence-corrected chi connectivity index (χ0v) is 8.21. The maximum atomic E-state index is 12.9. The third-order valence-electron chi connectivity index (χ3n) is 1.79. The van der Waals surface area contributed by atoms with Gasteiger partial charge < -0.3 is 0 Å². The molecule has 0 radical (unpaired) electrons. The molecule has 1 rings (SSSR count). The van der Waals surface area contributed by atoms with Crippen LogP contribution in [0.1, 0.15) is 23.2 Å². The fraction of sp³-hybridized carbons (Fsp3) is 0.375. The second-order valence-electron chi connectivity index (χ2n) is 2.78. The molecule has 1 heterocycles. The summed E-state index contributed by atoms with van der Waals surface area (Å²) in [6, 6.07) is 0. The Morgan fingerprint density at radius 3 is 2.25 bits per heavy atom. The van der Waals surface area contributed by atoms with Crippen LogP contribution in [0.5, 0.6) is 0 Å². The second kappa shape index (κ2) is 4.48. The lowest BCUT2D eigenvalue weighted by molar-refractivity contribution is -0.140. The predicted molar refractivity (Wildman–Crippen MR) is 43.7 cm³/mol. The molecule has 1 aromatic rings. The van der Waals surface area contributed by atoms with Crippen LogP contribution in [0.2, 0.25) is 0 Å². The summed E-state index contributed by atoms with van der Waals surface area (Å²) in [6.45, 7) is 0. The Morgan fingerprint density at radius 1 is 1.31 bits per heavy atom. The summed E-state index contributed by atoms with van der Waals surface area (Å²) in [5.74, 6) is -2.21. The maximum absolute atomic E-state index is 12.9. The van der Waals surface area contributed by atoms with Crippen molar-refractivity contribution in [1.29, 1.82) is 0 Å². The first kappa shape index (κ1) is 13.1. The van der Waals surface area contributed by atoms with E-state index in [1.54, 1.807) is 0 Å². The van der Waals surface area contributed by atoms with Crippen LogP contribution in [0, 0.1) is 5.82 Å². The Morgan fingerprint density at radius 2 is 1.88 bits per heavy atom. The molecule has 0 spiro atoms. The monoisotopic (exact) mass is 263 g/mol. The molecule has 0 amide bonds. The van der Waals surface area contributed by atoms with Crippen LogP contribution in [0.15, 0.2) is 6.20 Å². The van der Waals surface area contributed by atoms with Gasteiger partial charge in [0.05, 0.1) is 17.6 Å². The number of hydrogen-bond donors (Lipinski definition) is 0. The number of nitrogens with zero attached hydrogens (tertiary/aromatic N) is 1. The van der Waals surface area contributed by atoms with Crippen molar-refractivity contribution in [3.8, 4) is 0 Å². The second-order valence-corrected chi connectivity index (χ2v) is 3.04. The molecule has 1 aromatic heterocycles. The minimum atomic E-state index is -5.12. The van der Waals surface area contributed by atoms with E-state index in [4.69, 9.17) is 11.6 Å². The largest absolute Gasteiger partial charge is 0.418 e. The Balaban J connectivity index is 3.54. The van der Waals surface area contributed by atoms with Crippen LogP contribution >= 0.6 is 11.6 Å². The summed E-state index contributed by atoms with van der Waals surface area (Å²) < 4.78 is 74.8. The van der Waals surface area contributed by atoms with Crippen LogP contribution in [-0.2, 0) is 12.1 Å². The normalized spacial score (nSPS) is 12.2. The zero-order valence-electron chi connectivity index (χ0n) is 7.45. The molecule has 0 N–H and O–H groups in total. The summed E-state index contributed by atoms with van der Waals surface area (Å²) in [4.78, 5) is 2.75. The summed E-state index contributed by atoms with van der Waals surface area (Å²) in [5, 5.41) is 0. The van der Waals surface area contributed by atoms with E-state index >= 15 is 0 Å². The van der Waals surface area contributed by atoms with E-state index in [-0.39, 0.29) is 0 Å². The molecule has 0 aliphatic carbocycles.